The van der Waals surface area contributed by atoms with Crippen LogP contribution in [0.2, 0.25) is 5.02 Å². The molecule has 2 heterocycles. The summed E-state index contributed by atoms with van der Waals surface area (Å²) in [4.78, 5) is 24.1. The lowest BCUT2D eigenvalue weighted by molar-refractivity contribution is 0.0893. The second kappa shape index (κ2) is 11.0. The average molecular weight is 468 g/mol. The number of nitriles is 1. The van der Waals surface area contributed by atoms with Gasteiger partial charge in [-0.2, -0.15) is 5.26 Å². The molecule has 2 aliphatic rings. The van der Waals surface area contributed by atoms with Crippen molar-refractivity contribution < 1.29 is 9.53 Å². The van der Waals surface area contributed by atoms with Gasteiger partial charge in [-0.1, -0.05) is 18.5 Å². The summed E-state index contributed by atoms with van der Waals surface area (Å²) in [6.07, 6.45) is 8.90. The number of benzene rings is 1. The van der Waals surface area contributed by atoms with Crippen LogP contribution in [0.1, 0.15) is 73.1 Å². The maximum absolute atomic E-state index is 12.7. The van der Waals surface area contributed by atoms with Crippen molar-refractivity contribution in [3.63, 3.8) is 0 Å². The Morgan fingerprint density at radius 1 is 1.18 bits per heavy atom. The third kappa shape index (κ3) is 6.01. The molecule has 8 heteroatoms. The van der Waals surface area contributed by atoms with Crippen molar-refractivity contribution in [3.8, 4) is 11.8 Å². The number of halogens is 1. The molecule has 1 saturated carbocycles. The zero-order chi connectivity index (χ0) is 23.2. The van der Waals surface area contributed by atoms with Crippen molar-refractivity contribution in [2.75, 3.05) is 19.6 Å². The fourth-order valence-corrected chi connectivity index (χ4v) is 4.83. The van der Waals surface area contributed by atoms with Crippen LogP contribution < -0.4 is 10.1 Å². The van der Waals surface area contributed by atoms with Crippen molar-refractivity contribution in [2.45, 2.75) is 63.5 Å². The van der Waals surface area contributed by atoms with Crippen molar-refractivity contribution in [1.29, 1.82) is 5.26 Å². The number of rotatable bonds is 6. The fourth-order valence-electron chi connectivity index (χ4n) is 4.62. The maximum atomic E-state index is 12.7. The van der Waals surface area contributed by atoms with Crippen LogP contribution in [-0.4, -0.2) is 52.6 Å². The SMILES string of the molecule is CCN1CCC(c2ncc(C(=O)NC3CCC(Oc4ccc(C#N)c(Cl)c4)CC3)cn2)CC1. The van der Waals surface area contributed by atoms with Gasteiger partial charge in [-0.15, -0.1) is 0 Å². The Bertz CT molecular complexity index is 991. The summed E-state index contributed by atoms with van der Waals surface area (Å²) in [6, 6.07) is 7.29. The van der Waals surface area contributed by atoms with E-state index in [2.05, 4.69) is 27.1 Å². The Morgan fingerprint density at radius 2 is 1.88 bits per heavy atom. The van der Waals surface area contributed by atoms with Gasteiger partial charge in [0.2, 0.25) is 0 Å². The molecular weight excluding hydrogens is 438 g/mol. The highest BCUT2D eigenvalue weighted by atomic mass is 35.5. The number of hydrogen-bond acceptors (Lipinski definition) is 6. The molecule has 0 atom stereocenters. The molecule has 1 amide bonds. The molecule has 174 valence electrons. The summed E-state index contributed by atoms with van der Waals surface area (Å²) in [6.45, 7) is 5.44. The number of carbonyl (C=O) groups excluding carboxylic acids is 1. The summed E-state index contributed by atoms with van der Waals surface area (Å²) in [7, 11) is 0. The average Bonchev–Trinajstić information content (AvgIpc) is 2.85. The van der Waals surface area contributed by atoms with Crippen LogP contribution in [0.3, 0.4) is 0 Å². The minimum absolute atomic E-state index is 0.0731. The van der Waals surface area contributed by atoms with E-state index in [4.69, 9.17) is 21.6 Å². The first kappa shape index (κ1) is 23.5. The molecule has 1 aromatic carbocycles. The number of likely N-dealkylation sites (tertiary alicyclic amines) is 1. The van der Waals surface area contributed by atoms with Gasteiger partial charge < -0.3 is 15.0 Å². The largest absolute Gasteiger partial charge is 0.490 e. The van der Waals surface area contributed by atoms with E-state index in [0.717, 1.165) is 64.0 Å². The zero-order valence-corrected chi connectivity index (χ0v) is 19.7. The van der Waals surface area contributed by atoms with Crippen LogP contribution in [0.25, 0.3) is 0 Å². The molecule has 4 rings (SSSR count). The zero-order valence-electron chi connectivity index (χ0n) is 19.0. The molecule has 0 unspecified atom stereocenters. The minimum Gasteiger partial charge on any atom is -0.490 e. The van der Waals surface area contributed by atoms with Gasteiger partial charge in [0.25, 0.3) is 5.91 Å². The minimum atomic E-state index is -0.120. The smallest absolute Gasteiger partial charge is 0.254 e. The van der Waals surface area contributed by atoms with Gasteiger partial charge in [-0.25, -0.2) is 9.97 Å². The molecule has 0 spiro atoms. The van der Waals surface area contributed by atoms with E-state index < -0.39 is 0 Å². The van der Waals surface area contributed by atoms with Gasteiger partial charge in [-0.3, -0.25) is 4.79 Å². The summed E-state index contributed by atoms with van der Waals surface area (Å²) >= 11 is 6.09. The van der Waals surface area contributed by atoms with Gasteiger partial charge in [-0.05, 0) is 70.3 Å². The van der Waals surface area contributed by atoms with Crippen LogP contribution in [-0.2, 0) is 0 Å². The second-order valence-corrected chi connectivity index (χ2v) is 9.26. The summed E-state index contributed by atoms with van der Waals surface area (Å²) in [5, 5.41) is 12.5. The number of amides is 1. The quantitative estimate of drug-likeness (QED) is 0.680. The lowest BCUT2D eigenvalue weighted by Crippen LogP contribution is -2.39. The molecule has 1 saturated heterocycles. The van der Waals surface area contributed by atoms with Crippen LogP contribution in [0.4, 0.5) is 0 Å². The maximum Gasteiger partial charge on any atom is 0.254 e. The van der Waals surface area contributed by atoms with E-state index in [1.54, 1.807) is 30.6 Å². The Hall–Kier alpha value is -2.69. The first-order chi connectivity index (χ1) is 16.1. The summed E-state index contributed by atoms with van der Waals surface area (Å²) < 4.78 is 6.03. The Balaban J connectivity index is 1.24. The van der Waals surface area contributed by atoms with Gasteiger partial charge in [0.05, 0.1) is 22.3 Å². The first-order valence-electron chi connectivity index (χ1n) is 11.8. The molecule has 1 aromatic heterocycles. The van der Waals surface area contributed by atoms with Gasteiger partial charge in [0.1, 0.15) is 17.6 Å². The third-order valence-corrected chi connectivity index (χ3v) is 7.02. The first-order valence-corrected chi connectivity index (χ1v) is 12.1. The van der Waals surface area contributed by atoms with Crippen LogP contribution >= 0.6 is 11.6 Å². The molecule has 1 aliphatic heterocycles. The lowest BCUT2D eigenvalue weighted by Gasteiger charge is -2.30. The number of hydrogen-bond donors (Lipinski definition) is 1. The van der Waals surface area contributed by atoms with E-state index in [0.29, 0.717) is 27.8 Å². The molecule has 0 radical (unpaired) electrons. The predicted molar refractivity (Wildman–Crippen MR) is 126 cm³/mol. The summed E-state index contributed by atoms with van der Waals surface area (Å²) in [5.41, 5.74) is 0.949. The van der Waals surface area contributed by atoms with Crippen molar-refractivity contribution in [3.05, 3.63) is 52.6 Å². The standard InChI is InChI=1S/C25H30ClN5O2/c1-2-31-11-9-17(10-12-31)24-28-15-19(16-29-24)25(32)30-20-4-7-21(8-5-20)33-22-6-3-18(14-27)23(26)13-22/h3,6,13,15-17,20-21H,2,4-5,7-12H2,1H3,(H,30,32). The number of piperidine rings is 1. The van der Waals surface area contributed by atoms with Gasteiger partial charge >= 0.3 is 0 Å². The number of nitrogens with zero attached hydrogens (tertiary/aromatic N) is 4. The number of carbonyl (C=O) groups is 1. The highest BCUT2D eigenvalue weighted by Crippen LogP contribution is 2.28. The summed E-state index contributed by atoms with van der Waals surface area (Å²) in [5.74, 6) is 1.78. The second-order valence-electron chi connectivity index (χ2n) is 8.86. The van der Waals surface area contributed by atoms with Crippen LogP contribution in [0.15, 0.2) is 30.6 Å². The Labute approximate surface area is 200 Å². The van der Waals surface area contributed by atoms with E-state index in [1.807, 2.05) is 6.07 Å². The number of nitrogens with one attached hydrogen (secondary N) is 1. The van der Waals surface area contributed by atoms with Crippen molar-refractivity contribution >= 4 is 17.5 Å². The molecule has 2 aromatic rings. The number of ether oxygens (including phenoxy) is 1. The molecule has 1 N–H and O–H groups in total. The van der Waals surface area contributed by atoms with E-state index in [9.17, 15) is 4.79 Å². The van der Waals surface area contributed by atoms with Crippen LogP contribution in [0, 0.1) is 11.3 Å². The van der Waals surface area contributed by atoms with E-state index in [1.165, 1.54) is 0 Å². The molecule has 1 aliphatic carbocycles. The number of aromatic nitrogens is 2. The highest BCUT2D eigenvalue weighted by molar-refractivity contribution is 6.31. The van der Waals surface area contributed by atoms with Gasteiger partial charge in [0, 0.05) is 30.4 Å². The van der Waals surface area contributed by atoms with Crippen LogP contribution in [0.5, 0.6) is 5.75 Å². The molecule has 2 fully saturated rings. The normalized spacial score (nSPS) is 21.8. The van der Waals surface area contributed by atoms with Crippen molar-refractivity contribution in [2.24, 2.45) is 0 Å². The topological polar surface area (TPSA) is 91.1 Å². The molecule has 33 heavy (non-hydrogen) atoms. The molecular formula is C25H30ClN5O2. The Kier molecular flexibility index (Phi) is 7.79. The lowest BCUT2D eigenvalue weighted by atomic mass is 9.92. The van der Waals surface area contributed by atoms with E-state index >= 15 is 0 Å². The monoisotopic (exact) mass is 467 g/mol. The van der Waals surface area contributed by atoms with E-state index in [-0.39, 0.29) is 18.1 Å². The molecule has 0 bridgehead atoms. The van der Waals surface area contributed by atoms with Gasteiger partial charge in [0.15, 0.2) is 0 Å². The van der Waals surface area contributed by atoms with Crippen molar-refractivity contribution in [1.82, 2.24) is 20.2 Å². The predicted octanol–water partition coefficient (Wildman–Crippen LogP) is 4.32. The fraction of sp³-hybridized carbons (Fsp3) is 0.520. The highest BCUT2D eigenvalue weighted by Gasteiger charge is 2.25. The third-order valence-electron chi connectivity index (χ3n) is 6.71. The molecule has 7 nitrogen and oxygen atoms in total. The Morgan fingerprint density at radius 3 is 2.48 bits per heavy atom.